The molecule has 2 heterocycles. The van der Waals surface area contributed by atoms with Crippen molar-refractivity contribution in [1.29, 1.82) is 0 Å². The normalized spacial score (nSPS) is 12.6. The molecule has 0 spiro atoms. The zero-order valence-corrected chi connectivity index (χ0v) is 14.6. The third kappa shape index (κ3) is 3.78. The number of aliphatic hydroxyl groups excluding tert-OH is 1. The molecule has 0 fully saturated rings. The molecular formula is C20H23N3O2. The van der Waals surface area contributed by atoms with Gasteiger partial charge < -0.3 is 5.11 Å². The van der Waals surface area contributed by atoms with E-state index in [-0.39, 0.29) is 18.2 Å². The van der Waals surface area contributed by atoms with Gasteiger partial charge in [-0.25, -0.2) is 4.98 Å². The van der Waals surface area contributed by atoms with Gasteiger partial charge in [-0.1, -0.05) is 36.4 Å². The highest BCUT2D eigenvalue weighted by Crippen LogP contribution is 2.24. The molecule has 5 nitrogen and oxygen atoms in total. The summed E-state index contributed by atoms with van der Waals surface area (Å²) in [7, 11) is 1.99. The van der Waals surface area contributed by atoms with Gasteiger partial charge in [0.2, 0.25) is 0 Å². The van der Waals surface area contributed by atoms with E-state index in [1.165, 1.54) is 0 Å². The number of aliphatic hydroxyl groups is 1. The maximum atomic E-state index is 12.4. The Hall–Kier alpha value is -2.50. The highest BCUT2D eigenvalue weighted by Gasteiger charge is 2.17. The second-order valence-electron chi connectivity index (χ2n) is 6.32. The molecule has 1 atom stereocenters. The molecule has 130 valence electrons. The van der Waals surface area contributed by atoms with E-state index >= 15 is 0 Å². The van der Waals surface area contributed by atoms with Crippen LogP contribution < -0.4 is 5.56 Å². The summed E-state index contributed by atoms with van der Waals surface area (Å²) in [5, 5.41) is 9.44. The number of pyridine rings is 1. The minimum Gasteiger partial charge on any atom is -0.396 e. The van der Waals surface area contributed by atoms with E-state index in [4.69, 9.17) is 0 Å². The van der Waals surface area contributed by atoms with Crippen molar-refractivity contribution in [3.05, 3.63) is 81.9 Å². The maximum Gasteiger partial charge on any atom is 0.258 e. The summed E-state index contributed by atoms with van der Waals surface area (Å²) in [5.41, 5.74) is 3.47. The monoisotopic (exact) mass is 337 g/mol. The van der Waals surface area contributed by atoms with Crippen LogP contribution in [0.25, 0.3) is 5.65 Å². The first-order valence-electron chi connectivity index (χ1n) is 8.44. The number of nitrogens with zero attached hydrogens (tertiary/aromatic N) is 3. The minimum atomic E-state index is -0.0736. The standard InChI is InChI=1S/C20H23N3O2/c1-15-7-6-11-23-19(25)13-17(21-20(15)23)14-22(2)18(10-12-24)16-8-4-3-5-9-16/h3-9,11,13,18,24H,10,12,14H2,1-2H3. The molecule has 0 aliphatic heterocycles. The lowest BCUT2D eigenvalue weighted by Crippen LogP contribution is -2.27. The van der Waals surface area contributed by atoms with E-state index in [0.717, 1.165) is 16.8 Å². The Morgan fingerprint density at radius 3 is 2.68 bits per heavy atom. The average Bonchev–Trinajstić information content (AvgIpc) is 2.61. The van der Waals surface area contributed by atoms with Crippen molar-refractivity contribution in [3.8, 4) is 0 Å². The fourth-order valence-corrected chi connectivity index (χ4v) is 3.19. The van der Waals surface area contributed by atoms with Crippen LogP contribution in [0.5, 0.6) is 0 Å². The number of aromatic nitrogens is 2. The molecular weight excluding hydrogens is 314 g/mol. The molecule has 0 radical (unpaired) electrons. The van der Waals surface area contributed by atoms with Crippen LogP contribution in [0.4, 0.5) is 0 Å². The van der Waals surface area contributed by atoms with Gasteiger partial charge in [0, 0.05) is 31.5 Å². The fourth-order valence-electron chi connectivity index (χ4n) is 3.19. The van der Waals surface area contributed by atoms with Crippen LogP contribution in [0.3, 0.4) is 0 Å². The number of aryl methyl sites for hydroxylation is 1. The summed E-state index contributed by atoms with van der Waals surface area (Å²) < 4.78 is 1.57. The summed E-state index contributed by atoms with van der Waals surface area (Å²) >= 11 is 0. The highest BCUT2D eigenvalue weighted by atomic mass is 16.3. The molecule has 0 bridgehead atoms. The molecule has 0 aliphatic rings. The third-order valence-electron chi connectivity index (χ3n) is 4.47. The zero-order valence-electron chi connectivity index (χ0n) is 14.6. The van der Waals surface area contributed by atoms with E-state index in [1.54, 1.807) is 16.7 Å². The minimum absolute atomic E-state index is 0.0725. The van der Waals surface area contributed by atoms with E-state index in [2.05, 4.69) is 22.0 Å². The van der Waals surface area contributed by atoms with E-state index in [1.807, 2.05) is 44.3 Å². The first-order valence-corrected chi connectivity index (χ1v) is 8.44. The fraction of sp³-hybridized carbons (Fsp3) is 0.300. The van der Waals surface area contributed by atoms with Gasteiger partial charge in [0.15, 0.2) is 0 Å². The van der Waals surface area contributed by atoms with Crippen molar-refractivity contribution in [3.63, 3.8) is 0 Å². The lowest BCUT2D eigenvalue weighted by molar-refractivity contribution is 0.178. The number of hydrogen-bond donors (Lipinski definition) is 1. The Bertz CT molecular complexity index is 906. The number of hydrogen-bond acceptors (Lipinski definition) is 4. The highest BCUT2D eigenvalue weighted by molar-refractivity contribution is 5.46. The van der Waals surface area contributed by atoms with E-state index in [0.29, 0.717) is 18.6 Å². The molecule has 3 aromatic rings. The largest absolute Gasteiger partial charge is 0.396 e. The Balaban J connectivity index is 1.91. The van der Waals surface area contributed by atoms with Crippen molar-refractivity contribution in [1.82, 2.24) is 14.3 Å². The van der Waals surface area contributed by atoms with Crippen molar-refractivity contribution in [2.45, 2.75) is 25.9 Å². The molecule has 1 N–H and O–H groups in total. The SMILES string of the molecule is Cc1cccn2c(=O)cc(CN(C)C(CCO)c3ccccc3)nc12. The van der Waals surface area contributed by atoms with Crippen LogP contribution in [0.1, 0.15) is 29.3 Å². The Labute approximate surface area is 147 Å². The van der Waals surface area contributed by atoms with Crippen LogP contribution in [0.2, 0.25) is 0 Å². The van der Waals surface area contributed by atoms with Gasteiger partial charge in [0.05, 0.1) is 5.69 Å². The molecule has 0 saturated heterocycles. The summed E-state index contributed by atoms with van der Waals surface area (Å²) in [6.07, 6.45) is 2.37. The molecule has 25 heavy (non-hydrogen) atoms. The Morgan fingerprint density at radius 1 is 1.20 bits per heavy atom. The lowest BCUT2D eigenvalue weighted by Gasteiger charge is -2.28. The molecule has 3 rings (SSSR count). The smallest absolute Gasteiger partial charge is 0.258 e. The van der Waals surface area contributed by atoms with E-state index in [9.17, 15) is 9.90 Å². The van der Waals surface area contributed by atoms with Crippen LogP contribution in [0, 0.1) is 6.92 Å². The first-order chi connectivity index (χ1) is 12.1. The number of rotatable bonds is 6. The predicted molar refractivity (Wildman–Crippen MR) is 98.6 cm³/mol. The summed E-state index contributed by atoms with van der Waals surface area (Å²) in [6.45, 7) is 2.60. The van der Waals surface area contributed by atoms with Crippen LogP contribution in [-0.4, -0.2) is 33.0 Å². The van der Waals surface area contributed by atoms with Gasteiger partial charge in [0.1, 0.15) is 5.65 Å². The molecule has 1 unspecified atom stereocenters. The van der Waals surface area contributed by atoms with Crippen molar-refractivity contribution >= 4 is 5.65 Å². The van der Waals surface area contributed by atoms with Crippen molar-refractivity contribution in [2.75, 3.05) is 13.7 Å². The Morgan fingerprint density at radius 2 is 1.96 bits per heavy atom. The molecule has 5 heteroatoms. The van der Waals surface area contributed by atoms with Crippen molar-refractivity contribution < 1.29 is 5.11 Å². The topological polar surface area (TPSA) is 57.8 Å². The molecule has 0 amide bonds. The molecule has 0 aliphatic carbocycles. The zero-order chi connectivity index (χ0) is 17.8. The summed E-state index contributed by atoms with van der Waals surface area (Å²) in [5.74, 6) is 0. The molecule has 2 aromatic heterocycles. The quantitative estimate of drug-likeness (QED) is 0.751. The number of benzene rings is 1. The third-order valence-corrected chi connectivity index (χ3v) is 4.47. The van der Waals surface area contributed by atoms with E-state index < -0.39 is 0 Å². The Kier molecular flexibility index (Phi) is 5.26. The summed E-state index contributed by atoms with van der Waals surface area (Å²) in [6, 6.07) is 15.6. The second-order valence-corrected chi connectivity index (χ2v) is 6.32. The van der Waals surface area contributed by atoms with Gasteiger partial charge in [0.25, 0.3) is 5.56 Å². The van der Waals surface area contributed by atoms with Crippen LogP contribution >= 0.6 is 0 Å². The van der Waals surface area contributed by atoms with Gasteiger partial charge in [-0.3, -0.25) is 14.1 Å². The van der Waals surface area contributed by atoms with Crippen molar-refractivity contribution in [2.24, 2.45) is 0 Å². The predicted octanol–water partition coefficient (Wildman–Crippen LogP) is 2.56. The number of fused-ring (bicyclic) bond motifs is 1. The van der Waals surface area contributed by atoms with Crippen LogP contribution in [-0.2, 0) is 6.54 Å². The van der Waals surface area contributed by atoms with Gasteiger partial charge in [-0.15, -0.1) is 0 Å². The lowest BCUT2D eigenvalue weighted by atomic mass is 10.0. The van der Waals surface area contributed by atoms with Gasteiger partial charge in [-0.05, 0) is 37.6 Å². The average molecular weight is 337 g/mol. The maximum absolute atomic E-state index is 12.4. The summed E-state index contributed by atoms with van der Waals surface area (Å²) in [4.78, 5) is 19.2. The first kappa shape index (κ1) is 17.3. The van der Waals surface area contributed by atoms with Gasteiger partial charge >= 0.3 is 0 Å². The second kappa shape index (κ2) is 7.59. The van der Waals surface area contributed by atoms with Gasteiger partial charge in [-0.2, -0.15) is 0 Å². The molecule has 0 saturated carbocycles. The van der Waals surface area contributed by atoms with Crippen LogP contribution in [0.15, 0.2) is 59.5 Å². The molecule has 1 aromatic carbocycles.